The van der Waals surface area contributed by atoms with Crippen molar-refractivity contribution in [1.82, 2.24) is 3.97 Å². The molecule has 0 aliphatic carbocycles. The lowest BCUT2D eigenvalue weighted by Crippen LogP contribution is -2.14. The minimum absolute atomic E-state index is 0.117. The second-order valence-electron chi connectivity index (χ2n) is 5.12. The van der Waals surface area contributed by atoms with Crippen LogP contribution in [0.1, 0.15) is 5.56 Å². The summed E-state index contributed by atoms with van der Waals surface area (Å²) < 4.78 is 54.6. The zero-order chi connectivity index (χ0) is 17.5. The minimum Gasteiger partial charge on any atom is -0.241 e. The third-order valence-electron chi connectivity index (χ3n) is 3.39. The van der Waals surface area contributed by atoms with E-state index in [1.807, 2.05) is 0 Å². The molecule has 0 N–H and O–H groups in total. The van der Waals surface area contributed by atoms with Crippen LogP contribution in [0.4, 0.5) is 8.78 Å². The average Bonchev–Trinajstić information content (AvgIpc) is 2.89. The molecule has 3 aromatic rings. The van der Waals surface area contributed by atoms with Crippen LogP contribution in [0.15, 0.2) is 64.1 Å². The highest BCUT2D eigenvalue weighted by molar-refractivity contribution is 9.10. The van der Waals surface area contributed by atoms with Gasteiger partial charge in [0.2, 0.25) is 0 Å². The summed E-state index contributed by atoms with van der Waals surface area (Å²) in [5.74, 6) is -1.26. The van der Waals surface area contributed by atoms with Crippen molar-refractivity contribution in [2.45, 2.75) is 4.90 Å². The van der Waals surface area contributed by atoms with Gasteiger partial charge in [0.25, 0.3) is 10.0 Å². The number of hydrogen-bond acceptors (Lipinski definition) is 2. The first-order valence-electron chi connectivity index (χ1n) is 6.80. The van der Waals surface area contributed by atoms with Gasteiger partial charge in [-0.3, -0.25) is 0 Å². The molecule has 2 aromatic carbocycles. The topological polar surface area (TPSA) is 39.1 Å². The van der Waals surface area contributed by atoms with Gasteiger partial charge in [-0.1, -0.05) is 28.1 Å². The van der Waals surface area contributed by atoms with Crippen molar-refractivity contribution in [3.05, 3.63) is 83.3 Å². The second kappa shape index (κ2) is 6.14. The molecule has 1 aromatic heterocycles. The van der Waals surface area contributed by atoms with Gasteiger partial charge in [0.05, 0.1) is 10.6 Å². The first kappa shape index (κ1) is 16.9. The number of rotatable bonds is 3. The fourth-order valence-electron chi connectivity index (χ4n) is 2.35. The van der Waals surface area contributed by atoms with Crippen LogP contribution in [-0.2, 0) is 10.0 Å². The Bertz CT molecular complexity index is 1010. The van der Waals surface area contributed by atoms with Gasteiger partial charge >= 0.3 is 0 Å². The molecule has 0 spiro atoms. The lowest BCUT2D eigenvalue weighted by Gasteiger charge is -2.11. The Hall–Kier alpha value is -1.99. The normalized spacial score (nSPS) is 11.7. The van der Waals surface area contributed by atoms with Crippen LogP contribution in [0.2, 0.25) is 0 Å². The molecule has 3 nitrogen and oxygen atoms in total. The van der Waals surface area contributed by atoms with Crippen LogP contribution in [0, 0.1) is 18.6 Å². The van der Waals surface area contributed by atoms with Gasteiger partial charge in [0.1, 0.15) is 11.6 Å². The molecule has 0 aliphatic rings. The van der Waals surface area contributed by atoms with Gasteiger partial charge in [-0.15, -0.1) is 0 Å². The Balaban J connectivity index is 2.25. The highest BCUT2D eigenvalue weighted by Crippen LogP contribution is 2.29. The van der Waals surface area contributed by atoms with Gasteiger partial charge in [-0.2, -0.15) is 0 Å². The molecular formula is C17H11BrF2NO2S. The van der Waals surface area contributed by atoms with E-state index in [-0.39, 0.29) is 20.6 Å². The van der Waals surface area contributed by atoms with Crippen LogP contribution in [0.3, 0.4) is 0 Å². The monoisotopic (exact) mass is 410 g/mol. The summed E-state index contributed by atoms with van der Waals surface area (Å²) in [5.41, 5.74) is 0.636. The van der Waals surface area contributed by atoms with Crippen LogP contribution in [0.5, 0.6) is 0 Å². The van der Waals surface area contributed by atoms with Gasteiger partial charge in [0, 0.05) is 16.2 Å². The molecule has 0 bridgehead atoms. The number of nitrogens with zero attached hydrogens (tertiary/aromatic N) is 1. The standard InChI is InChI=1S/C17H11BrF2NO2S/c1-11-6-17(15-4-2-3-5-16(15)20)21(10-11)24(22,23)14-8-12(18)7-13(19)9-14/h2-10H,1H2. The summed E-state index contributed by atoms with van der Waals surface area (Å²) >= 11 is 3.07. The second-order valence-corrected chi connectivity index (χ2v) is 7.85. The molecule has 1 radical (unpaired) electrons. The van der Waals surface area contributed by atoms with Crippen molar-refractivity contribution >= 4 is 26.0 Å². The van der Waals surface area contributed by atoms with Crippen molar-refractivity contribution in [2.24, 2.45) is 0 Å². The number of aromatic nitrogens is 1. The fourth-order valence-corrected chi connectivity index (χ4v) is 4.42. The van der Waals surface area contributed by atoms with Crippen molar-refractivity contribution < 1.29 is 17.2 Å². The zero-order valence-corrected chi connectivity index (χ0v) is 14.6. The summed E-state index contributed by atoms with van der Waals surface area (Å²) in [6, 6.07) is 10.6. The maximum Gasteiger partial charge on any atom is 0.268 e. The zero-order valence-electron chi connectivity index (χ0n) is 12.2. The molecule has 0 saturated carbocycles. The largest absolute Gasteiger partial charge is 0.268 e. The lowest BCUT2D eigenvalue weighted by atomic mass is 10.1. The van der Waals surface area contributed by atoms with Gasteiger partial charge in [0.15, 0.2) is 0 Å². The van der Waals surface area contributed by atoms with Gasteiger partial charge in [-0.25, -0.2) is 21.2 Å². The summed E-state index contributed by atoms with van der Waals surface area (Å²) in [4.78, 5) is -0.248. The van der Waals surface area contributed by atoms with Crippen molar-refractivity contribution in [3.8, 4) is 11.3 Å². The minimum atomic E-state index is -4.12. The van der Waals surface area contributed by atoms with Crippen molar-refractivity contribution in [2.75, 3.05) is 0 Å². The fraction of sp³-hybridized carbons (Fsp3) is 0. The molecule has 0 fully saturated rings. The summed E-state index contributed by atoms with van der Waals surface area (Å²) in [6.45, 7) is 3.71. The number of benzene rings is 2. The first-order chi connectivity index (χ1) is 11.3. The molecule has 24 heavy (non-hydrogen) atoms. The Morgan fingerprint density at radius 1 is 1.04 bits per heavy atom. The Morgan fingerprint density at radius 3 is 2.42 bits per heavy atom. The third-order valence-corrected chi connectivity index (χ3v) is 5.49. The smallest absolute Gasteiger partial charge is 0.241 e. The van der Waals surface area contributed by atoms with E-state index in [0.717, 1.165) is 16.1 Å². The molecule has 3 rings (SSSR count). The molecule has 0 atom stereocenters. The maximum atomic E-state index is 14.1. The van der Waals surface area contributed by atoms with Crippen molar-refractivity contribution in [1.29, 1.82) is 0 Å². The number of hydrogen-bond donors (Lipinski definition) is 0. The highest BCUT2D eigenvalue weighted by Gasteiger charge is 2.23. The first-order valence-corrected chi connectivity index (χ1v) is 9.03. The van der Waals surface area contributed by atoms with Crippen LogP contribution in [0.25, 0.3) is 11.3 Å². The molecular weight excluding hydrogens is 400 g/mol. The van der Waals surface area contributed by atoms with Crippen LogP contribution < -0.4 is 0 Å². The molecule has 123 valence electrons. The van der Waals surface area contributed by atoms with E-state index < -0.39 is 21.7 Å². The Labute approximate surface area is 146 Å². The molecule has 0 aliphatic heterocycles. The Morgan fingerprint density at radius 2 is 1.75 bits per heavy atom. The highest BCUT2D eigenvalue weighted by atomic mass is 79.9. The summed E-state index contributed by atoms with van der Waals surface area (Å²) in [5, 5.41) is 0. The maximum absolute atomic E-state index is 14.1. The van der Waals surface area contributed by atoms with E-state index in [0.29, 0.717) is 5.56 Å². The predicted octanol–water partition coefficient (Wildman–Crippen LogP) is 4.61. The third kappa shape index (κ3) is 3.01. The van der Waals surface area contributed by atoms with Crippen molar-refractivity contribution in [3.63, 3.8) is 0 Å². The Kier molecular flexibility index (Phi) is 4.31. The molecule has 7 heteroatoms. The SMILES string of the molecule is [CH2]c1cc(-c2ccccc2F)n(S(=O)(=O)c2cc(F)cc(Br)c2)c1. The van der Waals surface area contributed by atoms with Gasteiger partial charge < -0.3 is 0 Å². The predicted molar refractivity (Wildman–Crippen MR) is 91.0 cm³/mol. The van der Waals surface area contributed by atoms with Gasteiger partial charge in [-0.05, 0) is 48.9 Å². The quantitative estimate of drug-likeness (QED) is 0.631. The molecule has 0 amide bonds. The van der Waals surface area contributed by atoms with Crippen LogP contribution >= 0.6 is 15.9 Å². The van der Waals surface area contributed by atoms with E-state index >= 15 is 0 Å². The van der Waals surface area contributed by atoms with E-state index in [1.165, 1.54) is 36.5 Å². The average molecular weight is 411 g/mol. The van der Waals surface area contributed by atoms with E-state index in [9.17, 15) is 17.2 Å². The molecule has 0 saturated heterocycles. The molecule has 0 unspecified atom stereocenters. The number of halogens is 3. The van der Waals surface area contributed by atoms with Crippen LogP contribution in [-0.4, -0.2) is 12.4 Å². The lowest BCUT2D eigenvalue weighted by molar-refractivity contribution is 0.583. The summed E-state index contributed by atoms with van der Waals surface area (Å²) in [6.07, 6.45) is 1.27. The molecule has 1 heterocycles. The summed E-state index contributed by atoms with van der Waals surface area (Å²) in [7, 11) is -4.12. The van der Waals surface area contributed by atoms with E-state index in [4.69, 9.17) is 0 Å². The van der Waals surface area contributed by atoms with E-state index in [2.05, 4.69) is 22.9 Å². The van der Waals surface area contributed by atoms with E-state index in [1.54, 1.807) is 6.07 Å².